The molecule has 1 saturated heterocycles. The fraction of sp³-hybridized carbons (Fsp3) is 0.527. The van der Waals surface area contributed by atoms with E-state index in [0.29, 0.717) is 61.4 Å². The van der Waals surface area contributed by atoms with Crippen molar-refractivity contribution in [2.75, 3.05) is 39.8 Å². The highest BCUT2D eigenvalue weighted by molar-refractivity contribution is 5.93. The number of hydrogen-bond acceptors (Lipinski definition) is 16. The molecule has 0 bridgehead atoms. The number of nitrogens with one attached hydrogen (secondary N) is 5. The van der Waals surface area contributed by atoms with Crippen LogP contribution in [-0.2, 0) is 20.7 Å². The van der Waals surface area contributed by atoms with E-state index in [1.54, 1.807) is 0 Å². The number of ether oxygens (including phenoxy) is 1. The van der Waals surface area contributed by atoms with E-state index in [1.807, 2.05) is 113 Å². The summed E-state index contributed by atoms with van der Waals surface area (Å²) in [7, 11) is 0. The second-order valence-electron chi connectivity index (χ2n) is 35.7. The third-order valence-corrected chi connectivity index (χ3v) is 24.0. The largest absolute Gasteiger partial charge is 0.379 e. The minimum absolute atomic E-state index is 0.0208. The molecule has 11 aromatic rings. The van der Waals surface area contributed by atoms with E-state index in [9.17, 15) is 9.59 Å². The maximum Gasteiger partial charge on any atom is 0.231 e. The van der Waals surface area contributed by atoms with Gasteiger partial charge in [0.2, 0.25) is 41.6 Å². The molecule has 23 nitrogen and oxygen atoms in total. The van der Waals surface area contributed by atoms with E-state index in [2.05, 4.69) is 137 Å². The Morgan fingerprint density at radius 3 is 1.11 bits per heavy atom. The fourth-order valence-electron chi connectivity index (χ4n) is 16.2. The Labute approximate surface area is 684 Å². The van der Waals surface area contributed by atoms with E-state index >= 15 is 0 Å². The van der Waals surface area contributed by atoms with Gasteiger partial charge in [0.25, 0.3) is 0 Å². The predicted octanol–water partition coefficient (Wildman–Crippen LogP) is 21.8. The van der Waals surface area contributed by atoms with Crippen LogP contribution in [0.25, 0.3) is 55.8 Å². The summed E-state index contributed by atoms with van der Waals surface area (Å²) in [5, 5.41) is 16.4. The van der Waals surface area contributed by atoms with Gasteiger partial charge in [0, 0.05) is 82.8 Å². The van der Waals surface area contributed by atoms with Crippen LogP contribution in [0.2, 0.25) is 0 Å². The number of carbonyl (C=O) groups is 2. The van der Waals surface area contributed by atoms with Crippen molar-refractivity contribution in [2.45, 2.75) is 280 Å². The van der Waals surface area contributed by atoms with Gasteiger partial charge in [-0.25, -0.2) is 49.8 Å². The molecule has 1 atom stereocenters. The third kappa shape index (κ3) is 20.4. The van der Waals surface area contributed by atoms with E-state index in [-0.39, 0.29) is 23.3 Å². The lowest BCUT2D eigenvalue weighted by Gasteiger charge is -2.30. The molecule has 1 aromatic carbocycles. The number of benzene rings is 1. The van der Waals surface area contributed by atoms with Gasteiger partial charge in [-0.1, -0.05) is 123 Å². The molecule has 7 fully saturated rings. The van der Waals surface area contributed by atoms with Crippen molar-refractivity contribution in [3.63, 3.8) is 0 Å². The highest BCUT2D eigenvalue weighted by Crippen LogP contribution is 2.43. The SMILES string of the molecule is C=C(CC1CCC1)Nc1nc2ccc(C)nc2n1C1CCC1.C=C(CCC(C)C)Nc1nc2ccc(C)nc2n1C1CCC1.C=C(CCC1CCC1)Nc1nc2ccc(C)nc2n1C1CCC1.Cc1ccc2nc(NC(=O)CC(C)(C)C)n(C3CCCOC3)c2n1.Cc1cccc(CC(=O)Nc2nc3ccc(C)nc3n2C2CCC2)c1. The van der Waals surface area contributed by atoms with Gasteiger partial charge < -0.3 is 20.7 Å². The maximum absolute atomic E-state index is 12.5. The van der Waals surface area contributed by atoms with Crippen molar-refractivity contribution in [2.24, 2.45) is 23.2 Å². The van der Waals surface area contributed by atoms with Gasteiger partial charge in [0.05, 0.1) is 19.1 Å². The molecule has 23 heteroatoms. The van der Waals surface area contributed by atoms with Gasteiger partial charge in [-0.2, -0.15) is 0 Å². The summed E-state index contributed by atoms with van der Waals surface area (Å²) >= 11 is 0. The molecule has 2 amide bonds. The van der Waals surface area contributed by atoms with Crippen LogP contribution >= 0.6 is 0 Å². The quantitative estimate of drug-likeness (QED) is 0.0377. The average Bonchev–Trinajstić information content (AvgIpc) is 1.64. The molecule has 10 aromatic heterocycles. The number of fused-ring (bicyclic) bond motifs is 5. The number of aromatic nitrogens is 15. The smallest absolute Gasteiger partial charge is 0.231 e. The number of amides is 2. The first kappa shape index (κ1) is 82.4. The van der Waals surface area contributed by atoms with E-state index in [4.69, 9.17) is 34.6 Å². The summed E-state index contributed by atoms with van der Waals surface area (Å²) < 4.78 is 16.7. The average molecular weight is 1570 g/mol. The number of anilines is 5. The Balaban J connectivity index is 0.000000120. The van der Waals surface area contributed by atoms with Crippen LogP contribution in [0.15, 0.2) is 122 Å². The molecule has 11 heterocycles. The van der Waals surface area contributed by atoms with Crippen LogP contribution < -0.4 is 26.6 Å². The monoisotopic (exact) mass is 1570 g/mol. The Morgan fingerprint density at radius 1 is 0.422 bits per heavy atom. The van der Waals surface area contributed by atoms with Crippen molar-refractivity contribution in [3.8, 4) is 0 Å². The Kier molecular flexibility index (Phi) is 26.3. The Bertz CT molecular complexity index is 5310. The van der Waals surface area contributed by atoms with Crippen molar-refractivity contribution >= 4 is 97.4 Å². The Morgan fingerprint density at radius 2 is 0.776 bits per heavy atom. The zero-order valence-corrected chi connectivity index (χ0v) is 70.8. The Hall–Kier alpha value is -10.2. The molecule has 0 spiro atoms. The van der Waals surface area contributed by atoms with E-state index in [0.717, 1.165) is 200 Å². The maximum atomic E-state index is 12.5. The second kappa shape index (κ2) is 37.0. The molecule has 0 radical (unpaired) electrons. The first-order chi connectivity index (χ1) is 55.9. The van der Waals surface area contributed by atoms with Gasteiger partial charge in [-0.3, -0.25) is 43.1 Å². The summed E-state index contributed by atoms with van der Waals surface area (Å²) in [6.07, 6.45) is 31.3. The zero-order valence-electron chi connectivity index (χ0n) is 70.8. The number of hydrogen-bond donors (Lipinski definition) is 5. The summed E-state index contributed by atoms with van der Waals surface area (Å²) in [4.78, 5) is 71.9. The number of allylic oxidation sites excluding steroid dienone is 3. The minimum atomic E-state index is -0.0658. The normalized spacial score (nSPS) is 17.2. The number of aryl methyl sites for hydroxylation is 6. The van der Waals surface area contributed by atoms with E-state index < -0.39 is 0 Å². The highest BCUT2D eigenvalue weighted by atomic mass is 16.5. The van der Waals surface area contributed by atoms with Gasteiger partial charge in [0.15, 0.2) is 28.2 Å². The molecule has 6 aliphatic carbocycles. The molecule has 6 saturated carbocycles. The van der Waals surface area contributed by atoms with Crippen LogP contribution in [0.4, 0.5) is 29.7 Å². The van der Waals surface area contributed by atoms with E-state index in [1.165, 1.54) is 109 Å². The topological polar surface area (TPSA) is 257 Å². The van der Waals surface area contributed by atoms with Crippen molar-refractivity contribution in [1.82, 2.24) is 72.7 Å². The predicted molar refractivity (Wildman–Crippen MR) is 469 cm³/mol. The van der Waals surface area contributed by atoms with Gasteiger partial charge in [0.1, 0.15) is 27.6 Å². The molecule has 7 aliphatic rings. The van der Waals surface area contributed by atoms with Crippen LogP contribution in [0.5, 0.6) is 0 Å². The standard InChI is InChI=1S/C20H22N4O.C19H26N4.C18H26N4O2.C18H24N4.C18H26N4/c1-13-5-3-6-15(11-13)12-18(25)23-20-22-17-10-9-14(2)21-19(17)24(20)16-7-4-8-16;1-13-10-12-17-18(20-13)23(16-7-4-8-16)19(22-17)21-14(2)9-11-15-5-3-6-15;1-12-7-8-14-16(19-12)22(13-6-5-9-24-11-13)17(20-14)21-15(23)10-18(2,3)4;1-12-9-10-16-17(19-12)22(15-7-4-8-15)18(21-16)20-13(2)11-14-5-3-6-14;1-12(2)8-9-14(4)20-18-21-16-11-10-13(3)19-17(16)22(18)15-6-5-7-15/h3,5-6,9-11,16H,4,7-8,12H2,1-2H3,(H,22,23,25);10,12,15-16H,2-9,11H2,1H3,(H,21,22);7-8,13H,5-6,9-11H2,1-4H3,(H,20,21,23);9-10,14-15H,2-8,11H2,1H3,(H,20,21);10-12,15H,4-9H2,1-3H3,(H,20,21). The number of rotatable bonds is 24. The molecule has 18 rings (SSSR count). The number of imidazole rings is 5. The lowest BCUT2D eigenvalue weighted by atomic mass is 9.82. The summed E-state index contributed by atoms with van der Waals surface area (Å²) in [6.45, 7) is 36.8. The summed E-state index contributed by atoms with van der Waals surface area (Å²) in [6, 6.07) is 30.3. The fourth-order valence-corrected chi connectivity index (χ4v) is 16.2. The van der Waals surface area contributed by atoms with Crippen LogP contribution in [-0.4, -0.2) is 97.7 Å². The summed E-state index contributed by atoms with van der Waals surface area (Å²) in [5.74, 6) is 6.34. The molecular formula is C93H124N20O3. The lowest BCUT2D eigenvalue weighted by molar-refractivity contribution is -0.118. The third-order valence-electron chi connectivity index (χ3n) is 24.0. The van der Waals surface area contributed by atoms with Crippen LogP contribution in [0.1, 0.15) is 271 Å². The molecule has 1 aliphatic heterocycles. The van der Waals surface area contributed by atoms with Crippen LogP contribution in [0, 0.1) is 64.7 Å². The van der Waals surface area contributed by atoms with Crippen LogP contribution in [0.3, 0.4) is 0 Å². The van der Waals surface area contributed by atoms with Crippen molar-refractivity contribution < 1.29 is 14.3 Å². The first-order valence-electron chi connectivity index (χ1n) is 43.2. The first-order valence-corrected chi connectivity index (χ1v) is 43.2. The highest BCUT2D eigenvalue weighted by Gasteiger charge is 2.32. The van der Waals surface area contributed by atoms with Gasteiger partial charge in [-0.05, 0) is 253 Å². The van der Waals surface area contributed by atoms with Crippen molar-refractivity contribution in [3.05, 3.63) is 161 Å². The van der Waals surface area contributed by atoms with Gasteiger partial charge in [-0.15, -0.1) is 0 Å². The summed E-state index contributed by atoms with van der Waals surface area (Å²) in [5.41, 5.74) is 19.7. The zero-order chi connectivity index (χ0) is 81.3. The van der Waals surface area contributed by atoms with Gasteiger partial charge >= 0.3 is 0 Å². The molecule has 614 valence electrons. The molecule has 1 unspecified atom stereocenters. The van der Waals surface area contributed by atoms with Crippen molar-refractivity contribution in [1.29, 1.82) is 0 Å². The molecular weight excluding hydrogens is 1450 g/mol. The molecule has 5 N–H and O–H groups in total. The number of pyridine rings is 5. The number of carbonyl (C=O) groups excluding carboxylic acids is 2. The molecule has 116 heavy (non-hydrogen) atoms. The minimum Gasteiger partial charge on any atom is -0.379 e. The number of nitrogens with zero attached hydrogens (tertiary/aromatic N) is 15. The second-order valence-corrected chi connectivity index (χ2v) is 35.7. The lowest BCUT2D eigenvalue weighted by Crippen LogP contribution is -2.26.